The number of hydrogen-bond donors (Lipinski definition) is 0. The van der Waals surface area contributed by atoms with E-state index in [1.807, 2.05) is 29.9 Å². The number of carbonyl (C=O) groups is 1. The molecular weight excluding hydrogens is 464 g/mol. The normalized spacial score (nSPS) is 10.9. The lowest BCUT2D eigenvalue weighted by atomic mass is 10.2. The SMILES string of the molecule is COc1cc(-c2nnc(SCC(=O)c3cc(C)n(-c4nccs4)c3C)o2)cc(OC)c1OC. The number of hydrogen-bond acceptors (Lipinski definition) is 10. The number of thiazole rings is 1. The summed E-state index contributed by atoms with van der Waals surface area (Å²) < 4.78 is 23.8. The van der Waals surface area contributed by atoms with Crippen molar-refractivity contribution in [1.29, 1.82) is 0 Å². The number of ketones is 1. The van der Waals surface area contributed by atoms with E-state index in [1.165, 1.54) is 44.4 Å². The van der Waals surface area contributed by atoms with Crippen LogP contribution in [0.4, 0.5) is 0 Å². The fourth-order valence-corrected chi connectivity index (χ4v) is 4.86. The van der Waals surface area contributed by atoms with Crippen LogP contribution in [0.15, 0.2) is 39.4 Å². The van der Waals surface area contributed by atoms with Crippen molar-refractivity contribution in [3.63, 3.8) is 0 Å². The molecule has 0 radical (unpaired) electrons. The minimum atomic E-state index is -0.0246. The maximum Gasteiger partial charge on any atom is 0.277 e. The van der Waals surface area contributed by atoms with Crippen LogP contribution >= 0.6 is 23.1 Å². The first kappa shape index (κ1) is 22.9. The van der Waals surface area contributed by atoms with E-state index in [9.17, 15) is 4.79 Å². The van der Waals surface area contributed by atoms with E-state index in [1.54, 1.807) is 18.3 Å². The number of carbonyl (C=O) groups excluding carboxylic acids is 1. The van der Waals surface area contributed by atoms with Gasteiger partial charge in [-0.2, -0.15) is 0 Å². The zero-order chi connectivity index (χ0) is 23.5. The molecule has 3 heterocycles. The summed E-state index contributed by atoms with van der Waals surface area (Å²) in [5.41, 5.74) is 3.08. The van der Waals surface area contributed by atoms with Gasteiger partial charge in [0.1, 0.15) is 0 Å². The summed E-state index contributed by atoms with van der Waals surface area (Å²) in [7, 11) is 4.60. The van der Waals surface area contributed by atoms with E-state index in [2.05, 4.69) is 15.2 Å². The molecule has 0 saturated heterocycles. The predicted octanol–water partition coefficient (Wildman–Crippen LogP) is 4.60. The molecule has 3 aromatic heterocycles. The Morgan fingerprint density at radius 2 is 1.82 bits per heavy atom. The second kappa shape index (κ2) is 9.67. The number of rotatable bonds is 9. The van der Waals surface area contributed by atoms with Crippen LogP contribution in [0.5, 0.6) is 17.2 Å². The third-order valence-corrected chi connectivity index (χ3v) is 6.56. The minimum Gasteiger partial charge on any atom is -0.493 e. The van der Waals surface area contributed by atoms with Crippen LogP contribution in [0, 0.1) is 13.8 Å². The first-order chi connectivity index (χ1) is 16.0. The minimum absolute atomic E-state index is 0.0246. The van der Waals surface area contributed by atoms with E-state index in [4.69, 9.17) is 18.6 Å². The summed E-state index contributed by atoms with van der Waals surface area (Å²) in [4.78, 5) is 17.2. The third-order valence-electron chi connectivity index (χ3n) is 4.99. The fraction of sp³-hybridized carbons (Fsp3) is 0.273. The van der Waals surface area contributed by atoms with Gasteiger partial charge in [-0.15, -0.1) is 21.5 Å². The summed E-state index contributed by atoms with van der Waals surface area (Å²) in [5.74, 6) is 1.85. The van der Waals surface area contributed by atoms with E-state index in [0.29, 0.717) is 33.6 Å². The highest BCUT2D eigenvalue weighted by Gasteiger charge is 2.20. The van der Waals surface area contributed by atoms with Crippen molar-refractivity contribution < 1.29 is 23.4 Å². The Bertz CT molecular complexity index is 1260. The van der Waals surface area contributed by atoms with Crippen molar-refractivity contribution in [2.24, 2.45) is 0 Å². The second-order valence-electron chi connectivity index (χ2n) is 6.93. The Balaban J connectivity index is 1.50. The van der Waals surface area contributed by atoms with E-state index < -0.39 is 0 Å². The molecule has 0 aliphatic rings. The van der Waals surface area contributed by atoms with Crippen molar-refractivity contribution in [1.82, 2.24) is 19.7 Å². The maximum absolute atomic E-state index is 12.9. The molecule has 0 bridgehead atoms. The number of methoxy groups -OCH3 is 3. The van der Waals surface area contributed by atoms with Crippen molar-refractivity contribution in [3.05, 3.63) is 46.7 Å². The molecule has 0 atom stereocenters. The number of nitrogens with zero attached hydrogens (tertiary/aromatic N) is 4. The molecule has 0 N–H and O–H groups in total. The zero-order valence-corrected chi connectivity index (χ0v) is 20.4. The van der Waals surface area contributed by atoms with Gasteiger partial charge < -0.3 is 18.6 Å². The highest BCUT2D eigenvalue weighted by Crippen LogP contribution is 2.41. The summed E-state index contributed by atoms with van der Waals surface area (Å²) in [5, 5.41) is 11.2. The first-order valence-corrected chi connectivity index (χ1v) is 11.7. The number of ether oxygens (including phenoxy) is 3. The average molecular weight is 487 g/mol. The molecule has 33 heavy (non-hydrogen) atoms. The lowest BCUT2D eigenvalue weighted by molar-refractivity contribution is 0.102. The van der Waals surface area contributed by atoms with E-state index in [0.717, 1.165) is 16.5 Å². The van der Waals surface area contributed by atoms with Crippen LogP contribution in [0.1, 0.15) is 21.7 Å². The summed E-state index contributed by atoms with van der Waals surface area (Å²) in [6.45, 7) is 3.88. The smallest absolute Gasteiger partial charge is 0.277 e. The van der Waals surface area contributed by atoms with Gasteiger partial charge in [-0.25, -0.2) is 4.98 Å². The molecule has 0 amide bonds. The molecule has 11 heteroatoms. The molecule has 0 unspecified atom stereocenters. The van der Waals surface area contributed by atoms with Crippen molar-refractivity contribution >= 4 is 28.9 Å². The molecular formula is C22H22N4O5S2. The van der Waals surface area contributed by atoms with Gasteiger partial charge in [-0.1, -0.05) is 11.8 Å². The molecule has 172 valence electrons. The lowest BCUT2D eigenvalue weighted by Crippen LogP contribution is -2.05. The second-order valence-corrected chi connectivity index (χ2v) is 8.73. The Morgan fingerprint density at radius 3 is 2.42 bits per heavy atom. The molecule has 0 aliphatic heterocycles. The Labute approximate surface area is 198 Å². The monoisotopic (exact) mass is 486 g/mol. The molecule has 1 aromatic carbocycles. The Morgan fingerprint density at radius 1 is 1.09 bits per heavy atom. The van der Waals surface area contributed by atoms with Gasteiger partial charge >= 0.3 is 0 Å². The third kappa shape index (κ3) is 4.46. The van der Waals surface area contributed by atoms with Crippen LogP contribution in [-0.4, -0.2) is 52.6 Å². The number of aromatic nitrogens is 4. The van der Waals surface area contributed by atoms with Crippen LogP contribution in [0.2, 0.25) is 0 Å². The molecule has 9 nitrogen and oxygen atoms in total. The quantitative estimate of drug-likeness (QED) is 0.248. The van der Waals surface area contributed by atoms with Crippen LogP contribution in [-0.2, 0) is 0 Å². The molecule has 0 spiro atoms. The van der Waals surface area contributed by atoms with Gasteiger partial charge in [-0.3, -0.25) is 9.36 Å². The largest absolute Gasteiger partial charge is 0.493 e. The summed E-state index contributed by atoms with van der Waals surface area (Å²) in [6, 6.07) is 5.33. The summed E-state index contributed by atoms with van der Waals surface area (Å²) in [6.07, 6.45) is 1.75. The van der Waals surface area contributed by atoms with Gasteiger partial charge in [0.15, 0.2) is 22.4 Å². The van der Waals surface area contributed by atoms with Crippen LogP contribution < -0.4 is 14.2 Å². The molecule has 0 aliphatic carbocycles. The Kier molecular flexibility index (Phi) is 6.70. The zero-order valence-electron chi connectivity index (χ0n) is 18.7. The van der Waals surface area contributed by atoms with Crippen LogP contribution in [0.3, 0.4) is 0 Å². The van der Waals surface area contributed by atoms with Crippen molar-refractivity contribution in [2.75, 3.05) is 27.1 Å². The fourth-order valence-electron chi connectivity index (χ4n) is 3.46. The van der Waals surface area contributed by atoms with E-state index >= 15 is 0 Å². The molecule has 0 fully saturated rings. The standard InChI is InChI=1S/C22H22N4O5S2/c1-12-8-15(13(2)26(12)21-23-6-7-32-21)16(27)11-33-22-25-24-20(31-22)14-9-17(28-3)19(30-5)18(10-14)29-4/h6-10H,11H2,1-5H3. The van der Waals surface area contributed by atoms with Crippen molar-refractivity contribution in [2.45, 2.75) is 19.1 Å². The number of thioether (sulfide) groups is 1. The van der Waals surface area contributed by atoms with Crippen molar-refractivity contribution in [3.8, 4) is 33.8 Å². The van der Waals surface area contributed by atoms with Gasteiger partial charge in [0, 0.05) is 34.1 Å². The highest BCUT2D eigenvalue weighted by molar-refractivity contribution is 7.99. The average Bonchev–Trinajstić information content (AvgIpc) is 3.57. The molecule has 4 aromatic rings. The van der Waals surface area contributed by atoms with Crippen LogP contribution in [0.25, 0.3) is 16.6 Å². The van der Waals surface area contributed by atoms with E-state index in [-0.39, 0.29) is 17.4 Å². The van der Waals surface area contributed by atoms with Gasteiger partial charge in [0.25, 0.3) is 5.22 Å². The number of aryl methyl sites for hydroxylation is 1. The number of Topliss-reactive ketones (excluding diaryl/α,β-unsaturated/α-hetero) is 1. The summed E-state index contributed by atoms with van der Waals surface area (Å²) >= 11 is 2.71. The Hall–Kier alpha value is -3.31. The molecule has 0 saturated carbocycles. The van der Waals surface area contributed by atoms with Gasteiger partial charge in [0.2, 0.25) is 11.6 Å². The lowest BCUT2D eigenvalue weighted by Gasteiger charge is -2.12. The first-order valence-electron chi connectivity index (χ1n) is 9.85. The number of benzene rings is 1. The topological polar surface area (TPSA) is 102 Å². The van der Waals surface area contributed by atoms with Gasteiger partial charge in [0.05, 0.1) is 27.1 Å². The maximum atomic E-state index is 12.9. The predicted molar refractivity (Wildman–Crippen MR) is 125 cm³/mol. The molecule has 4 rings (SSSR count). The van der Waals surface area contributed by atoms with Gasteiger partial charge in [-0.05, 0) is 32.0 Å². The highest BCUT2D eigenvalue weighted by atomic mass is 32.2.